The maximum Gasteiger partial charge on any atom is 0.303 e. The summed E-state index contributed by atoms with van der Waals surface area (Å²) in [5, 5.41) is 8.66. The molecule has 1 saturated heterocycles. The second kappa shape index (κ2) is 5.69. The van der Waals surface area contributed by atoms with Crippen LogP contribution in [0.3, 0.4) is 0 Å². The van der Waals surface area contributed by atoms with Gasteiger partial charge in [-0.05, 0) is 38.1 Å². The average molecular weight is 254 g/mol. The summed E-state index contributed by atoms with van der Waals surface area (Å²) < 4.78 is 0. The van der Waals surface area contributed by atoms with E-state index in [1.807, 2.05) is 4.90 Å². The summed E-state index contributed by atoms with van der Waals surface area (Å²) in [5.74, 6) is 0.360. The van der Waals surface area contributed by atoms with Gasteiger partial charge in [0.05, 0.1) is 6.42 Å². The Bertz CT molecular complexity index is 318. The van der Waals surface area contributed by atoms with Crippen molar-refractivity contribution in [2.75, 3.05) is 19.6 Å². The minimum atomic E-state index is -0.768. The summed E-state index contributed by atoms with van der Waals surface area (Å²) in [5.41, 5.74) is 5.64. The molecule has 5 heteroatoms. The molecule has 0 spiro atoms. The van der Waals surface area contributed by atoms with Crippen LogP contribution in [0, 0.1) is 17.8 Å². The van der Waals surface area contributed by atoms with E-state index in [-0.39, 0.29) is 24.2 Å². The molecule has 5 nitrogen and oxygen atoms in total. The summed E-state index contributed by atoms with van der Waals surface area (Å²) in [7, 11) is 0. The number of rotatable bonds is 4. The molecule has 1 aliphatic heterocycles. The predicted molar refractivity (Wildman–Crippen MR) is 66.8 cm³/mol. The Balaban J connectivity index is 1.72. The number of carboxylic acid groups (broad SMARTS) is 1. The van der Waals surface area contributed by atoms with Crippen molar-refractivity contribution < 1.29 is 14.7 Å². The Morgan fingerprint density at radius 2 is 1.72 bits per heavy atom. The normalized spacial score (nSPS) is 28.8. The fourth-order valence-electron chi connectivity index (χ4n) is 3.03. The Kier molecular flexibility index (Phi) is 4.22. The van der Waals surface area contributed by atoms with Gasteiger partial charge in [-0.3, -0.25) is 9.59 Å². The molecule has 102 valence electrons. The van der Waals surface area contributed by atoms with Crippen molar-refractivity contribution in [3.63, 3.8) is 0 Å². The van der Waals surface area contributed by atoms with Gasteiger partial charge in [-0.15, -0.1) is 0 Å². The topological polar surface area (TPSA) is 83.6 Å². The number of aliphatic carboxylic acids is 1. The fraction of sp³-hybridized carbons (Fsp3) is 0.846. The van der Waals surface area contributed by atoms with Gasteiger partial charge in [0.2, 0.25) is 5.91 Å². The number of amides is 1. The molecule has 1 aliphatic carbocycles. The Hall–Kier alpha value is -1.10. The monoisotopic (exact) mass is 254 g/mol. The molecule has 0 radical (unpaired) electrons. The van der Waals surface area contributed by atoms with E-state index in [1.165, 1.54) is 0 Å². The van der Waals surface area contributed by atoms with Gasteiger partial charge in [0.1, 0.15) is 0 Å². The molecule has 2 aliphatic rings. The van der Waals surface area contributed by atoms with Gasteiger partial charge in [0.25, 0.3) is 0 Å². The highest BCUT2D eigenvalue weighted by Crippen LogP contribution is 2.31. The molecule has 0 bridgehead atoms. The van der Waals surface area contributed by atoms with E-state index in [9.17, 15) is 9.59 Å². The first-order valence-electron chi connectivity index (χ1n) is 6.80. The molecular weight excluding hydrogens is 232 g/mol. The number of nitrogens with two attached hydrogens (primary N) is 1. The zero-order valence-corrected chi connectivity index (χ0v) is 10.7. The molecule has 2 fully saturated rings. The highest BCUT2D eigenvalue weighted by Gasteiger charge is 2.36. The van der Waals surface area contributed by atoms with E-state index < -0.39 is 5.97 Å². The second-order valence-electron chi connectivity index (χ2n) is 5.66. The van der Waals surface area contributed by atoms with E-state index in [2.05, 4.69) is 0 Å². The lowest BCUT2D eigenvalue weighted by Gasteiger charge is -2.41. The lowest BCUT2D eigenvalue weighted by atomic mass is 9.80. The minimum Gasteiger partial charge on any atom is -0.481 e. The Labute approximate surface area is 107 Å². The van der Waals surface area contributed by atoms with Crippen molar-refractivity contribution >= 4 is 11.9 Å². The first-order valence-corrected chi connectivity index (χ1v) is 6.80. The Morgan fingerprint density at radius 1 is 1.11 bits per heavy atom. The molecule has 18 heavy (non-hydrogen) atoms. The highest BCUT2D eigenvalue weighted by atomic mass is 16.4. The number of carbonyl (C=O) groups excluding carboxylic acids is 1. The maximum absolute atomic E-state index is 12.2. The van der Waals surface area contributed by atoms with Crippen LogP contribution in [0.1, 0.15) is 32.1 Å². The largest absolute Gasteiger partial charge is 0.481 e. The Morgan fingerprint density at radius 3 is 2.22 bits per heavy atom. The molecule has 0 atom stereocenters. The molecule has 3 N–H and O–H groups in total. The third-order valence-electron chi connectivity index (χ3n) is 4.26. The number of likely N-dealkylation sites (tertiary alicyclic amines) is 1. The van der Waals surface area contributed by atoms with Crippen LogP contribution in [0.2, 0.25) is 0 Å². The number of carboxylic acids is 1. The van der Waals surface area contributed by atoms with E-state index >= 15 is 0 Å². The molecule has 0 aromatic carbocycles. The third-order valence-corrected chi connectivity index (χ3v) is 4.26. The number of hydrogen-bond donors (Lipinski definition) is 2. The first-order chi connectivity index (χ1) is 8.60. The molecule has 1 amide bonds. The SMILES string of the molecule is NCC1CCC(C(=O)N2CC(CC(=O)O)C2)CC1. The lowest BCUT2D eigenvalue weighted by Crippen LogP contribution is -2.53. The zero-order valence-electron chi connectivity index (χ0n) is 10.7. The number of nitrogens with zero attached hydrogens (tertiary/aromatic N) is 1. The van der Waals surface area contributed by atoms with Crippen molar-refractivity contribution in [1.29, 1.82) is 0 Å². The molecule has 1 saturated carbocycles. The molecule has 0 aromatic rings. The quantitative estimate of drug-likeness (QED) is 0.773. The minimum absolute atomic E-state index is 0.151. The third kappa shape index (κ3) is 3.02. The van der Waals surface area contributed by atoms with Crippen LogP contribution in [-0.4, -0.2) is 41.5 Å². The van der Waals surface area contributed by atoms with Crippen LogP contribution in [0.25, 0.3) is 0 Å². The van der Waals surface area contributed by atoms with Crippen LogP contribution in [0.15, 0.2) is 0 Å². The first kappa shape index (κ1) is 13.3. The zero-order chi connectivity index (χ0) is 13.1. The smallest absolute Gasteiger partial charge is 0.303 e. The highest BCUT2D eigenvalue weighted by molar-refractivity contribution is 5.80. The number of carbonyl (C=O) groups is 2. The van der Waals surface area contributed by atoms with Gasteiger partial charge in [-0.1, -0.05) is 0 Å². The van der Waals surface area contributed by atoms with Crippen molar-refractivity contribution in [3.8, 4) is 0 Å². The van der Waals surface area contributed by atoms with Gasteiger partial charge in [0.15, 0.2) is 0 Å². The molecule has 0 unspecified atom stereocenters. The summed E-state index contributed by atoms with van der Waals surface area (Å²) in [6.45, 7) is 1.98. The van der Waals surface area contributed by atoms with E-state index in [4.69, 9.17) is 10.8 Å². The number of hydrogen-bond acceptors (Lipinski definition) is 3. The van der Waals surface area contributed by atoms with Crippen LogP contribution >= 0.6 is 0 Å². The summed E-state index contributed by atoms with van der Waals surface area (Å²) >= 11 is 0. The molecule has 0 aromatic heterocycles. The molecule has 1 heterocycles. The summed E-state index contributed by atoms with van der Waals surface area (Å²) in [6, 6.07) is 0. The van der Waals surface area contributed by atoms with Crippen LogP contribution in [0.4, 0.5) is 0 Å². The van der Waals surface area contributed by atoms with Gasteiger partial charge in [0, 0.05) is 24.9 Å². The fourth-order valence-corrected chi connectivity index (χ4v) is 3.03. The molecular formula is C13H22N2O3. The van der Waals surface area contributed by atoms with Crippen LogP contribution < -0.4 is 5.73 Å². The van der Waals surface area contributed by atoms with Gasteiger partial charge in [-0.2, -0.15) is 0 Å². The standard InChI is InChI=1S/C13H22N2O3/c14-6-9-1-3-11(4-2-9)13(18)15-7-10(8-15)5-12(16)17/h9-11H,1-8,14H2,(H,16,17). The second-order valence-corrected chi connectivity index (χ2v) is 5.66. The van der Waals surface area contributed by atoms with Gasteiger partial charge in [-0.25, -0.2) is 0 Å². The predicted octanol–water partition coefficient (Wildman–Crippen LogP) is 0.685. The van der Waals surface area contributed by atoms with Crippen molar-refractivity contribution in [1.82, 2.24) is 4.90 Å². The summed E-state index contributed by atoms with van der Waals surface area (Å²) in [6.07, 6.45) is 4.18. The van der Waals surface area contributed by atoms with Crippen LogP contribution in [-0.2, 0) is 9.59 Å². The van der Waals surface area contributed by atoms with Crippen molar-refractivity contribution in [3.05, 3.63) is 0 Å². The van der Waals surface area contributed by atoms with E-state index in [1.54, 1.807) is 0 Å². The van der Waals surface area contributed by atoms with Gasteiger partial charge < -0.3 is 15.7 Å². The van der Waals surface area contributed by atoms with Crippen LogP contribution in [0.5, 0.6) is 0 Å². The van der Waals surface area contributed by atoms with Gasteiger partial charge >= 0.3 is 5.97 Å². The van der Waals surface area contributed by atoms with Crippen molar-refractivity contribution in [2.45, 2.75) is 32.1 Å². The maximum atomic E-state index is 12.2. The van der Waals surface area contributed by atoms with E-state index in [0.29, 0.717) is 19.0 Å². The summed E-state index contributed by atoms with van der Waals surface area (Å²) in [4.78, 5) is 24.5. The van der Waals surface area contributed by atoms with E-state index in [0.717, 1.165) is 32.2 Å². The lowest BCUT2D eigenvalue weighted by molar-refractivity contribution is -0.148. The molecule has 2 rings (SSSR count). The average Bonchev–Trinajstić information content (AvgIpc) is 2.32. The van der Waals surface area contributed by atoms with Crippen molar-refractivity contribution in [2.24, 2.45) is 23.5 Å².